The molecular formula is C17H17Cl2NO. The molecule has 110 valence electrons. The van der Waals surface area contributed by atoms with Crippen LogP contribution < -0.4 is 10.1 Å². The van der Waals surface area contributed by atoms with Crippen molar-refractivity contribution in [2.24, 2.45) is 0 Å². The summed E-state index contributed by atoms with van der Waals surface area (Å²) in [5.74, 6) is 0.999. The lowest BCUT2D eigenvalue weighted by Crippen LogP contribution is -2.20. The second-order valence-corrected chi connectivity index (χ2v) is 6.08. The largest absolute Gasteiger partial charge is 0.493 e. The maximum Gasteiger partial charge on any atom is 0.127 e. The van der Waals surface area contributed by atoms with Crippen LogP contribution in [0.2, 0.25) is 10.0 Å². The van der Waals surface area contributed by atoms with Crippen LogP contribution in [0.5, 0.6) is 5.75 Å². The Morgan fingerprint density at radius 1 is 1.14 bits per heavy atom. The molecule has 0 aliphatic carbocycles. The van der Waals surface area contributed by atoms with Crippen molar-refractivity contribution in [3.63, 3.8) is 0 Å². The van der Waals surface area contributed by atoms with Gasteiger partial charge in [0, 0.05) is 15.6 Å². The molecule has 0 bridgehead atoms. The van der Waals surface area contributed by atoms with E-state index in [0.29, 0.717) is 10.0 Å². The molecule has 1 aliphatic heterocycles. The fourth-order valence-corrected chi connectivity index (χ4v) is 3.43. The summed E-state index contributed by atoms with van der Waals surface area (Å²) in [7, 11) is 1.93. The average molecular weight is 322 g/mol. The highest BCUT2D eigenvalue weighted by Crippen LogP contribution is 2.36. The number of hydrogen-bond donors (Lipinski definition) is 1. The summed E-state index contributed by atoms with van der Waals surface area (Å²) in [6, 6.07) is 12.0. The first kappa shape index (κ1) is 14.7. The van der Waals surface area contributed by atoms with Crippen molar-refractivity contribution in [2.45, 2.75) is 18.9 Å². The molecule has 1 aliphatic rings. The van der Waals surface area contributed by atoms with Gasteiger partial charge in [-0.25, -0.2) is 0 Å². The number of aryl methyl sites for hydroxylation is 1. The fraction of sp³-hybridized carbons (Fsp3) is 0.294. The van der Waals surface area contributed by atoms with Gasteiger partial charge in [-0.3, -0.25) is 0 Å². The van der Waals surface area contributed by atoms with Crippen molar-refractivity contribution in [1.82, 2.24) is 5.32 Å². The smallest absolute Gasteiger partial charge is 0.127 e. The molecule has 2 aromatic carbocycles. The van der Waals surface area contributed by atoms with Gasteiger partial charge in [-0.05, 0) is 49.2 Å². The molecule has 1 unspecified atom stereocenters. The monoisotopic (exact) mass is 321 g/mol. The number of para-hydroxylation sites is 1. The standard InChI is InChI=1S/C17H17Cl2NO/c1-20-16(12-8-13(18)10-14(19)9-12)15-6-2-4-11-5-3-7-21-17(11)15/h2,4,6,8-10,16,20H,3,5,7H2,1H3. The summed E-state index contributed by atoms with van der Waals surface area (Å²) >= 11 is 12.3. The van der Waals surface area contributed by atoms with Gasteiger partial charge >= 0.3 is 0 Å². The minimum absolute atomic E-state index is 0.00856. The van der Waals surface area contributed by atoms with E-state index >= 15 is 0 Å². The predicted octanol–water partition coefficient (Wildman–Crippen LogP) is 4.63. The highest BCUT2D eigenvalue weighted by atomic mass is 35.5. The zero-order valence-corrected chi connectivity index (χ0v) is 13.3. The SMILES string of the molecule is CNC(c1cc(Cl)cc(Cl)c1)c1cccc2c1OCCC2. The lowest BCUT2D eigenvalue weighted by atomic mass is 9.94. The van der Waals surface area contributed by atoms with E-state index in [-0.39, 0.29) is 6.04 Å². The molecule has 0 saturated carbocycles. The minimum atomic E-state index is 0.00856. The zero-order valence-electron chi connectivity index (χ0n) is 11.8. The maximum absolute atomic E-state index is 6.14. The molecule has 0 fully saturated rings. The molecule has 3 rings (SSSR count). The van der Waals surface area contributed by atoms with Crippen LogP contribution in [-0.4, -0.2) is 13.7 Å². The van der Waals surface area contributed by atoms with Crippen LogP contribution >= 0.6 is 23.2 Å². The summed E-state index contributed by atoms with van der Waals surface area (Å²) in [5, 5.41) is 4.63. The van der Waals surface area contributed by atoms with Crippen LogP contribution in [-0.2, 0) is 6.42 Å². The molecule has 1 atom stereocenters. The average Bonchev–Trinajstić information content (AvgIpc) is 2.47. The van der Waals surface area contributed by atoms with Crippen molar-refractivity contribution >= 4 is 23.2 Å². The third-order valence-corrected chi connectivity index (χ3v) is 4.22. The molecule has 2 nitrogen and oxygen atoms in total. The molecule has 4 heteroatoms. The van der Waals surface area contributed by atoms with Crippen LogP contribution in [0.3, 0.4) is 0 Å². The Hall–Kier alpha value is -1.22. The molecule has 1 heterocycles. The third-order valence-electron chi connectivity index (χ3n) is 3.78. The van der Waals surface area contributed by atoms with E-state index in [2.05, 4.69) is 23.5 Å². The Kier molecular flexibility index (Phi) is 4.39. The van der Waals surface area contributed by atoms with E-state index in [1.165, 1.54) is 5.56 Å². The predicted molar refractivity (Wildman–Crippen MR) is 87.6 cm³/mol. The minimum Gasteiger partial charge on any atom is -0.493 e. The molecule has 0 radical (unpaired) electrons. The summed E-state index contributed by atoms with van der Waals surface area (Å²) in [5.41, 5.74) is 3.44. The van der Waals surface area contributed by atoms with E-state index in [1.807, 2.05) is 19.2 Å². The van der Waals surface area contributed by atoms with Gasteiger partial charge in [0.05, 0.1) is 12.6 Å². The lowest BCUT2D eigenvalue weighted by molar-refractivity contribution is 0.283. The topological polar surface area (TPSA) is 21.3 Å². The Balaban J connectivity index is 2.08. The molecule has 0 aromatic heterocycles. The quantitative estimate of drug-likeness (QED) is 0.890. The van der Waals surface area contributed by atoms with Crippen molar-refractivity contribution in [2.75, 3.05) is 13.7 Å². The first-order valence-electron chi connectivity index (χ1n) is 7.07. The van der Waals surface area contributed by atoms with Crippen molar-refractivity contribution in [1.29, 1.82) is 0 Å². The number of benzene rings is 2. The second kappa shape index (κ2) is 6.27. The number of halogens is 2. The van der Waals surface area contributed by atoms with Crippen molar-refractivity contribution < 1.29 is 4.74 Å². The number of hydrogen-bond acceptors (Lipinski definition) is 2. The van der Waals surface area contributed by atoms with Gasteiger partial charge in [-0.2, -0.15) is 0 Å². The van der Waals surface area contributed by atoms with Crippen molar-refractivity contribution in [3.8, 4) is 5.75 Å². The third kappa shape index (κ3) is 3.03. The van der Waals surface area contributed by atoms with Crippen LogP contribution in [0.15, 0.2) is 36.4 Å². The first-order valence-corrected chi connectivity index (χ1v) is 7.82. The van der Waals surface area contributed by atoms with E-state index in [1.54, 1.807) is 6.07 Å². The van der Waals surface area contributed by atoms with Crippen molar-refractivity contribution in [3.05, 3.63) is 63.1 Å². The zero-order chi connectivity index (χ0) is 14.8. The summed E-state index contributed by atoms with van der Waals surface area (Å²) in [6.07, 6.45) is 2.14. The van der Waals surface area contributed by atoms with Gasteiger partial charge in [0.15, 0.2) is 0 Å². The molecule has 21 heavy (non-hydrogen) atoms. The van der Waals surface area contributed by atoms with Crippen LogP contribution in [0.1, 0.15) is 29.2 Å². The molecular weight excluding hydrogens is 305 g/mol. The van der Waals surface area contributed by atoms with Crippen LogP contribution in [0, 0.1) is 0 Å². The highest BCUT2D eigenvalue weighted by molar-refractivity contribution is 6.34. The second-order valence-electron chi connectivity index (χ2n) is 5.21. The van der Waals surface area contributed by atoms with E-state index in [9.17, 15) is 0 Å². The van der Waals surface area contributed by atoms with Gasteiger partial charge in [0.25, 0.3) is 0 Å². The number of fused-ring (bicyclic) bond motifs is 1. The van der Waals surface area contributed by atoms with Crippen LogP contribution in [0.25, 0.3) is 0 Å². The maximum atomic E-state index is 6.14. The highest BCUT2D eigenvalue weighted by Gasteiger charge is 2.21. The summed E-state index contributed by atoms with van der Waals surface area (Å²) in [6.45, 7) is 0.775. The molecule has 1 N–H and O–H groups in total. The van der Waals surface area contributed by atoms with Gasteiger partial charge in [-0.15, -0.1) is 0 Å². The number of nitrogens with one attached hydrogen (secondary N) is 1. The fourth-order valence-electron chi connectivity index (χ4n) is 2.89. The van der Waals surface area contributed by atoms with Gasteiger partial charge in [0.2, 0.25) is 0 Å². The van der Waals surface area contributed by atoms with Gasteiger partial charge < -0.3 is 10.1 Å². The Labute approximate surface area is 135 Å². The van der Waals surface area contributed by atoms with Gasteiger partial charge in [-0.1, -0.05) is 41.4 Å². The van der Waals surface area contributed by atoms with E-state index < -0.39 is 0 Å². The molecule has 2 aromatic rings. The summed E-state index contributed by atoms with van der Waals surface area (Å²) < 4.78 is 5.91. The molecule has 0 amide bonds. The lowest BCUT2D eigenvalue weighted by Gasteiger charge is -2.25. The van der Waals surface area contributed by atoms with E-state index in [0.717, 1.165) is 36.3 Å². The summed E-state index contributed by atoms with van der Waals surface area (Å²) in [4.78, 5) is 0. The number of rotatable bonds is 3. The normalized spacial score (nSPS) is 15.2. The Bertz CT molecular complexity index is 637. The van der Waals surface area contributed by atoms with E-state index in [4.69, 9.17) is 27.9 Å². The van der Waals surface area contributed by atoms with Gasteiger partial charge in [0.1, 0.15) is 5.75 Å². The van der Waals surface area contributed by atoms with Crippen LogP contribution in [0.4, 0.5) is 0 Å². The molecule has 0 spiro atoms. The first-order chi connectivity index (χ1) is 10.2. The molecule has 0 saturated heterocycles. The Morgan fingerprint density at radius 2 is 1.90 bits per heavy atom. The number of ether oxygens (including phenoxy) is 1. The Morgan fingerprint density at radius 3 is 2.62 bits per heavy atom.